The number of rotatable bonds is 3. The summed E-state index contributed by atoms with van der Waals surface area (Å²) in [5.74, 6) is 0.137. The Morgan fingerprint density at radius 2 is 2.39 bits per heavy atom. The Hall–Kier alpha value is -0.940. The van der Waals surface area contributed by atoms with Gasteiger partial charge in [0.2, 0.25) is 0 Å². The van der Waals surface area contributed by atoms with Crippen LogP contribution in [0, 0.1) is 0 Å². The summed E-state index contributed by atoms with van der Waals surface area (Å²) in [5, 5.41) is 3.86. The maximum absolute atomic E-state index is 12.1. The number of aromatic nitrogens is 1. The summed E-state index contributed by atoms with van der Waals surface area (Å²) < 4.78 is 0. The molecular formula is C12H16ClN3OS. The van der Waals surface area contributed by atoms with Gasteiger partial charge in [-0.2, -0.15) is 11.8 Å². The minimum atomic E-state index is -0.167. The quantitative estimate of drug-likeness (QED) is 0.894. The van der Waals surface area contributed by atoms with Crippen LogP contribution in [0.15, 0.2) is 12.3 Å². The van der Waals surface area contributed by atoms with E-state index in [1.54, 1.807) is 11.8 Å². The number of hydrogen-bond donors (Lipinski definition) is 2. The number of carbonyl (C=O) groups excluding carboxylic acids is 1. The van der Waals surface area contributed by atoms with Gasteiger partial charge in [-0.15, -0.1) is 0 Å². The Bertz CT molecular complexity index is 455. The van der Waals surface area contributed by atoms with E-state index in [9.17, 15) is 4.79 Å². The summed E-state index contributed by atoms with van der Waals surface area (Å²) in [4.78, 5) is 16.0. The number of thioether (sulfide) groups is 1. The Balaban J connectivity index is 2.09. The highest BCUT2D eigenvalue weighted by Crippen LogP contribution is 2.29. The molecule has 1 heterocycles. The zero-order valence-electron chi connectivity index (χ0n) is 10.1. The summed E-state index contributed by atoms with van der Waals surface area (Å²) in [6.45, 7) is 0. The summed E-state index contributed by atoms with van der Waals surface area (Å²) in [5.41, 5.74) is 5.97. The first-order valence-electron chi connectivity index (χ1n) is 5.86. The number of nitrogens with zero attached hydrogens (tertiary/aromatic N) is 1. The molecule has 0 spiro atoms. The highest BCUT2D eigenvalue weighted by atomic mass is 35.5. The first-order valence-corrected chi connectivity index (χ1v) is 7.53. The second kappa shape index (κ2) is 5.80. The molecule has 1 aliphatic rings. The molecule has 2 atom stereocenters. The van der Waals surface area contributed by atoms with Crippen molar-refractivity contribution in [3.8, 4) is 0 Å². The number of nitrogen functional groups attached to an aromatic ring is 1. The molecule has 1 amide bonds. The first kappa shape index (κ1) is 13.5. The fraction of sp³-hybridized carbons (Fsp3) is 0.500. The van der Waals surface area contributed by atoms with Gasteiger partial charge in [-0.05, 0) is 25.2 Å². The van der Waals surface area contributed by atoms with E-state index in [1.807, 2.05) is 0 Å². The molecule has 4 nitrogen and oxygen atoms in total. The van der Waals surface area contributed by atoms with Gasteiger partial charge in [0.1, 0.15) is 5.82 Å². The van der Waals surface area contributed by atoms with Crippen LogP contribution in [0.4, 0.5) is 5.82 Å². The maximum Gasteiger partial charge on any atom is 0.253 e. The lowest BCUT2D eigenvalue weighted by Crippen LogP contribution is -2.38. The van der Waals surface area contributed by atoms with E-state index in [0.29, 0.717) is 21.7 Å². The van der Waals surface area contributed by atoms with Crippen LogP contribution in [-0.4, -0.2) is 28.4 Å². The number of anilines is 1. The van der Waals surface area contributed by atoms with Gasteiger partial charge >= 0.3 is 0 Å². The number of amides is 1. The Kier molecular flexibility index (Phi) is 4.35. The molecule has 1 aromatic heterocycles. The third-order valence-corrected chi connectivity index (χ3v) is 4.66. The van der Waals surface area contributed by atoms with Gasteiger partial charge in [0, 0.05) is 17.5 Å². The van der Waals surface area contributed by atoms with E-state index in [1.165, 1.54) is 12.3 Å². The minimum Gasteiger partial charge on any atom is -0.384 e. The van der Waals surface area contributed by atoms with Crippen LogP contribution in [0.2, 0.25) is 5.02 Å². The van der Waals surface area contributed by atoms with Gasteiger partial charge < -0.3 is 11.1 Å². The Labute approximate surface area is 116 Å². The van der Waals surface area contributed by atoms with Crippen molar-refractivity contribution in [1.29, 1.82) is 0 Å². The van der Waals surface area contributed by atoms with Crippen LogP contribution in [-0.2, 0) is 0 Å². The number of carbonyl (C=O) groups is 1. The van der Waals surface area contributed by atoms with Crippen molar-refractivity contribution in [3.05, 3.63) is 22.8 Å². The topological polar surface area (TPSA) is 68.0 Å². The van der Waals surface area contributed by atoms with Crippen molar-refractivity contribution < 1.29 is 4.79 Å². The lowest BCUT2D eigenvalue weighted by molar-refractivity contribution is 0.0939. The minimum absolute atomic E-state index is 0.167. The first-order chi connectivity index (χ1) is 8.61. The van der Waals surface area contributed by atoms with Crippen LogP contribution in [0.25, 0.3) is 0 Å². The lowest BCUT2D eigenvalue weighted by Gasteiger charge is -2.19. The van der Waals surface area contributed by atoms with Gasteiger partial charge in [0.15, 0.2) is 0 Å². The molecular weight excluding hydrogens is 270 g/mol. The number of pyridine rings is 1. The van der Waals surface area contributed by atoms with Crippen molar-refractivity contribution in [1.82, 2.24) is 10.3 Å². The van der Waals surface area contributed by atoms with E-state index < -0.39 is 0 Å². The van der Waals surface area contributed by atoms with Crippen LogP contribution in [0.3, 0.4) is 0 Å². The number of nitrogens with one attached hydrogen (secondary N) is 1. The fourth-order valence-electron chi connectivity index (χ4n) is 2.25. The summed E-state index contributed by atoms with van der Waals surface area (Å²) >= 11 is 7.76. The molecule has 1 aromatic rings. The smallest absolute Gasteiger partial charge is 0.253 e. The van der Waals surface area contributed by atoms with Crippen LogP contribution < -0.4 is 11.1 Å². The zero-order chi connectivity index (χ0) is 13.1. The van der Waals surface area contributed by atoms with E-state index in [0.717, 1.165) is 19.3 Å². The monoisotopic (exact) mass is 285 g/mol. The molecule has 0 saturated heterocycles. The van der Waals surface area contributed by atoms with E-state index >= 15 is 0 Å². The van der Waals surface area contributed by atoms with Gasteiger partial charge in [-0.1, -0.05) is 18.0 Å². The van der Waals surface area contributed by atoms with E-state index in [-0.39, 0.29) is 11.9 Å². The average molecular weight is 286 g/mol. The van der Waals surface area contributed by atoms with Crippen molar-refractivity contribution in [2.24, 2.45) is 0 Å². The molecule has 0 aliphatic heterocycles. The van der Waals surface area contributed by atoms with E-state index in [2.05, 4.69) is 16.6 Å². The Morgan fingerprint density at radius 1 is 1.61 bits per heavy atom. The summed E-state index contributed by atoms with van der Waals surface area (Å²) in [7, 11) is 0. The molecule has 98 valence electrons. The number of nitrogens with two attached hydrogens (primary N) is 1. The fourth-order valence-corrected chi connectivity index (χ4v) is 3.37. The van der Waals surface area contributed by atoms with Crippen molar-refractivity contribution >= 4 is 35.1 Å². The highest BCUT2D eigenvalue weighted by Gasteiger charge is 2.28. The van der Waals surface area contributed by atoms with Gasteiger partial charge in [-0.25, -0.2) is 4.98 Å². The molecule has 3 N–H and O–H groups in total. The molecule has 2 rings (SSSR count). The average Bonchev–Trinajstić information content (AvgIpc) is 2.79. The van der Waals surface area contributed by atoms with Gasteiger partial charge in [0.25, 0.3) is 5.91 Å². The maximum atomic E-state index is 12.1. The molecule has 1 fully saturated rings. The van der Waals surface area contributed by atoms with Gasteiger partial charge in [-0.3, -0.25) is 4.79 Å². The molecule has 0 bridgehead atoms. The largest absolute Gasteiger partial charge is 0.384 e. The molecule has 6 heteroatoms. The predicted octanol–water partition coefficient (Wildman–Crippen LogP) is 2.33. The van der Waals surface area contributed by atoms with Gasteiger partial charge in [0.05, 0.1) is 10.6 Å². The lowest BCUT2D eigenvalue weighted by atomic mass is 10.2. The standard InChI is InChI=1S/C12H16ClN3OS/c1-18-10-4-2-3-9(10)16-12(17)7-5-11(14)15-6-8(7)13/h5-6,9-10H,2-4H2,1H3,(H2,14,15)(H,16,17). The summed E-state index contributed by atoms with van der Waals surface area (Å²) in [6.07, 6.45) is 6.81. The molecule has 0 aromatic carbocycles. The van der Waals surface area contributed by atoms with Crippen molar-refractivity contribution in [2.45, 2.75) is 30.6 Å². The van der Waals surface area contributed by atoms with Crippen molar-refractivity contribution in [2.75, 3.05) is 12.0 Å². The number of halogens is 1. The predicted molar refractivity (Wildman–Crippen MR) is 76.1 cm³/mol. The third-order valence-electron chi connectivity index (χ3n) is 3.19. The Morgan fingerprint density at radius 3 is 3.11 bits per heavy atom. The van der Waals surface area contributed by atoms with Crippen LogP contribution >= 0.6 is 23.4 Å². The summed E-state index contributed by atoms with van der Waals surface area (Å²) in [6, 6.07) is 1.73. The second-order valence-electron chi connectivity index (χ2n) is 4.37. The zero-order valence-corrected chi connectivity index (χ0v) is 11.7. The normalized spacial score (nSPS) is 23.0. The van der Waals surface area contributed by atoms with E-state index in [4.69, 9.17) is 17.3 Å². The molecule has 18 heavy (non-hydrogen) atoms. The van der Waals surface area contributed by atoms with Crippen LogP contribution in [0.1, 0.15) is 29.6 Å². The van der Waals surface area contributed by atoms with Crippen LogP contribution in [0.5, 0.6) is 0 Å². The third kappa shape index (κ3) is 2.90. The molecule has 0 radical (unpaired) electrons. The molecule has 1 saturated carbocycles. The highest BCUT2D eigenvalue weighted by molar-refractivity contribution is 7.99. The molecule has 1 aliphatic carbocycles. The van der Waals surface area contributed by atoms with Crippen molar-refractivity contribution in [3.63, 3.8) is 0 Å². The number of hydrogen-bond acceptors (Lipinski definition) is 4. The SMILES string of the molecule is CSC1CCCC1NC(=O)c1cc(N)ncc1Cl. The second-order valence-corrected chi connectivity index (χ2v) is 5.86. The molecule has 2 unspecified atom stereocenters.